The van der Waals surface area contributed by atoms with Crippen LogP contribution in [0.2, 0.25) is 0 Å². The van der Waals surface area contributed by atoms with Crippen LogP contribution >= 0.6 is 0 Å². The second-order valence-corrected chi connectivity index (χ2v) is 3.73. The maximum Gasteiger partial charge on any atom is 0.0365 e. The number of rotatable bonds is 1. The van der Waals surface area contributed by atoms with Crippen molar-refractivity contribution in [3.8, 4) is 0 Å². The minimum absolute atomic E-state index is 0.487. The number of nitrogens with two attached hydrogens (primary N) is 1. The number of aryl methyl sites for hydroxylation is 1. The van der Waals surface area contributed by atoms with E-state index in [1.165, 1.54) is 24.0 Å². The Morgan fingerprint density at radius 2 is 2.31 bits per heavy atom. The maximum absolute atomic E-state index is 5.96. The molecule has 1 aliphatic rings. The van der Waals surface area contributed by atoms with E-state index < -0.39 is 0 Å². The predicted octanol–water partition coefficient (Wildman–Crippen LogP) is 2.00. The number of nitrogen functional groups attached to an aromatic ring is 1. The van der Waals surface area contributed by atoms with E-state index in [9.17, 15) is 0 Å². The quantitative estimate of drug-likeness (QED) is 0.642. The summed E-state index contributed by atoms with van der Waals surface area (Å²) in [6, 6.07) is 6.62. The van der Waals surface area contributed by atoms with Crippen LogP contribution in [0.4, 0.5) is 5.69 Å². The van der Waals surface area contributed by atoms with Gasteiger partial charge in [-0.1, -0.05) is 12.1 Å². The molecule has 1 atom stereocenters. The van der Waals surface area contributed by atoms with E-state index in [0.717, 1.165) is 12.2 Å². The van der Waals surface area contributed by atoms with Gasteiger partial charge in [0, 0.05) is 11.7 Å². The van der Waals surface area contributed by atoms with E-state index in [2.05, 4.69) is 18.3 Å². The van der Waals surface area contributed by atoms with Crippen molar-refractivity contribution in [2.24, 2.45) is 0 Å². The summed E-state index contributed by atoms with van der Waals surface area (Å²) < 4.78 is 0. The lowest BCUT2D eigenvalue weighted by Crippen LogP contribution is -2.15. The highest BCUT2D eigenvalue weighted by molar-refractivity contribution is 5.52. The smallest absolute Gasteiger partial charge is 0.0365 e. The molecule has 1 saturated heterocycles. The van der Waals surface area contributed by atoms with E-state index >= 15 is 0 Å². The van der Waals surface area contributed by atoms with Crippen LogP contribution in [0.5, 0.6) is 0 Å². The molecule has 0 saturated carbocycles. The van der Waals surface area contributed by atoms with Gasteiger partial charge in [-0.3, -0.25) is 0 Å². The van der Waals surface area contributed by atoms with Crippen molar-refractivity contribution in [2.75, 3.05) is 12.3 Å². The molecule has 2 nitrogen and oxygen atoms in total. The standard InChI is InChI=1S/C11H16N2/c1-8-4-2-5-9(12)11(8)10-6-3-7-13-10/h2,4-5,10,13H,3,6-7,12H2,1H3. The molecule has 0 spiro atoms. The molecule has 1 fully saturated rings. The zero-order chi connectivity index (χ0) is 9.26. The molecule has 1 aromatic rings. The molecule has 0 radical (unpaired) electrons. The number of benzene rings is 1. The molecule has 1 aromatic carbocycles. The Bertz CT molecular complexity index is 281. The third-order valence-corrected chi connectivity index (χ3v) is 2.77. The van der Waals surface area contributed by atoms with Crippen LogP contribution in [0.15, 0.2) is 18.2 Å². The Kier molecular flexibility index (Phi) is 2.23. The molecule has 0 aromatic heterocycles. The highest BCUT2D eigenvalue weighted by atomic mass is 14.9. The van der Waals surface area contributed by atoms with Gasteiger partial charge >= 0.3 is 0 Å². The van der Waals surface area contributed by atoms with Crippen molar-refractivity contribution in [1.29, 1.82) is 0 Å². The van der Waals surface area contributed by atoms with Gasteiger partial charge in [0.05, 0.1) is 0 Å². The topological polar surface area (TPSA) is 38.0 Å². The average molecular weight is 176 g/mol. The second-order valence-electron chi connectivity index (χ2n) is 3.73. The number of hydrogen-bond acceptors (Lipinski definition) is 2. The SMILES string of the molecule is Cc1cccc(N)c1C1CCCN1. The molecule has 1 aliphatic heterocycles. The summed E-state index contributed by atoms with van der Waals surface area (Å²) >= 11 is 0. The van der Waals surface area contributed by atoms with Gasteiger partial charge in [-0.15, -0.1) is 0 Å². The summed E-state index contributed by atoms with van der Waals surface area (Å²) in [6.07, 6.45) is 2.48. The molecule has 0 aliphatic carbocycles. The summed E-state index contributed by atoms with van der Waals surface area (Å²) in [5.41, 5.74) is 9.50. The zero-order valence-electron chi connectivity index (χ0n) is 8.01. The Morgan fingerprint density at radius 3 is 2.92 bits per heavy atom. The minimum atomic E-state index is 0.487. The first-order valence-corrected chi connectivity index (χ1v) is 4.87. The molecule has 1 unspecified atom stereocenters. The van der Waals surface area contributed by atoms with Gasteiger partial charge in [-0.25, -0.2) is 0 Å². The fourth-order valence-electron chi connectivity index (χ4n) is 2.11. The van der Waals surface area contributed by atoms with Gasteiger partial charge in [0.15, 0.2) is 0 Å². The van der Waals surface area contributed by atoms with Gasteiger partial charge in [-0.2, -0.15) is 0 Å². The lowest BCUT2D eigenvalue weighted by Gasteiger charge is -2.16. The van der Waals surface area contributed by atoms with Crippen molar-refractivity contribution >= 4 is 5.69 Å². The highest BCUT2D eigenvalue weighted by Crippen LogP contribution is 2.29. The molecule has 3 N–H and O–H groups in total. The predicted molar refractivity (Wildman–Crippen MR) is 55.6 cm³/mol. The first kappa shape index (κ1) is 8.57. The third-order valence-electron chi connectivity index (χ3n) is 2.77. The van der Waals surface area contributed by atoms with E-state index in [1.54, 1.807) is 0 Å². The van der Waals surface area contributed by atoms with Crippen LogP contribution in [0.1, 0.15) is 30.0 Å². The Hall–Kier alpha value is -1.02. The Balaban J connectivity index is 2.37. The van der Waals surface area contributed by atoms with Crippen molar-refractivity contribution in [2.45, 2.75) is 25.8 Å². The van der Waals surface area contributed by atoms with E-state index in [-0.39, 0.29) is 0 Å². The van der Waals surface area contributed by atoms with Crippen molar-refractivity contribution < 1.29 is 0 Å². The monoisotopic (exact) mass is 176 g/mol. The average Bonchev–Trinajstić information content (AvgIpc) is 2.57. The lowest BCUT2D eigenvalue weighted by atomic mass is 9.98. The van der Waals surface area contributed by atoms with E-state index in [0.29, 0.717) is 6.04 Å². The zero-order valence-corrected chi connectivity index (χ0v) is 8.01. The van der Waals surface area contributed by atoms with Gasteiger partial charge in [-0.05, 0) is 43.5 Å². The van der Waals surface area contributed by atoms with Crippen molar-refractivity contribution in [3.05, 3.63) is 29.3 Å². The van der Waals surface area contributed by atoms with Crippen molar-refractivity contribution in [3.63, 3.8) is 0 Å². The number of anilines is 1. The molecule has 2 heteroatoms. The molecule has 2 rings (SSSR count). The third kappa shape index (κ3) is 1.54. The van der Waals surface area contributed by atoms with E-state index in [1.807, 2.05) is 12.1 Å². The normalized spacial score (nSPS) is 22.1. The van der Waals surface area contributed by atoms with E-state index in [4.69, 9.17) is 5.73 Å². The minimum Gasteiger partial charge on any atom is -0.398 e. The molecule has 1 heterocycles. The summed E-state index contributed by atoms with van der Waals surface area (Å²) in [4.78, 5) is 0. The fourth-order valence-corrected chi connectivity index (χ4v) is 2.11. The van der Waals surface area contributed by atoms with Crippen LogP contribution in [-0.2, 0) is 0 Å². The van der Waals surface area contributed by atoms with Crippen LogP contribution < -0.4 is 11.1 Å². The summed E-state index contributed by atoms with van der Waals surface area (Å²) in [6.45, 7) is 3.25. The Labute approximate surface area is 79.1 Å². The molecule has 0 bridgehead atoms. The van der Waals surface area contributed by atoms with Crippen LogP contribution in [0.3, 0.4) is 0 Å². The molecule has 70 valence electrons. The fraction of sp³-hybridized carbons (Fsp3) is 0.455. The summed E-state index contributed by atoms with van der Waals surface area (Å²) in [7, 11) is 0. The number of hydrogen-bond donors (Lipinski definition) is 2. The largest absolute Gasteiger partial charge is 0.398 e. The molecular weight excluding hydrogens is 160 g/mol. The van der Waals surface area contributed by atoms with Crippen LogP contribution in [0, 0.1) is 6.92 Å². The number of nitrogens with one attached hydrogen (secondary N) is 1. The second kappa shape index (κ2) is 3.38. The highest BCUT2D eigenvalue weighted by Gasteiger charge is 2.19. The Morgan fingerprint density at radius 1 is 1.46 bits per heavy atom. The maximum atomic E-state index is 5.96. The molecule has 0 amide bonds. The van der Waals surface area contributed by atoms with Gasteiger partial charge in [0.1, 0.15) is 0 Å². The first-order valence-electron chi connectivity index (χ1n) is 4.87. The lowest BCUT2D eigenvalue weighted by molar-refractivity contribution is 0.646. The summed E-state index contributed by atoms with van der Waals surface area (Å²) in [5, 5.41) is 3.47. The van der Waals surface area contributed by atoms with Gasteiger partial charge in [0.25, 0.3) is 0 Å². The summed E-state index contributed by atoms with van der Waals surface area (Å²) in [5.74, 6) is 0. The molecular formula is C11H16N2. The molecule has 13 heavy (non-hydrogen) atoms. The van der Waals surface area contributed by atoms with Gasteiger partial charge < -0.3 is 11.1 Å². The first-order chi connectivity index (χ1) is 6.29. The van der Waals surface area contributed by atoms with Crippen LogP contribution in [0.25, 0.3) is 0 Å². The van der Waals surface area contributed by atoms with Crippen molar-refractivity contribution in [1.82, 2.24) is 5.32 Å². The van der Waals surface area contributed by atoms with Crippen LogP contribution in [-0.4, -0.2) is 6.54 Å². The van der Waals surface area contributed by atoms with Gasteiger partial charge in [0.2, 0.25) is 0 Å².